The first kappa shape index (κ1) is 16.2. The van der Waals surface area contributed by atoms with Crippen molar-refractivity contribution in [2.75, 3.05) is 37.5 Å². The van der Waals surface area contributed by atoms with Crippen molar-refractivity contribution in [3.63, 3.8) is 0 Å². The van der Waals surface area contributed by atoms with Crippen LogP contribution in [0.3, 0.4) is 0 Å². The highest BCUT2D eigenvalue weighted by atomic mass is 32.2. The maximum Gasteiger partial charge on any atom is 0.248 e. The molecule has 2 rings (SSSR count). The minimum atomic E-state index is -3.92. The van der Waals surface area contributed by atoms with Gasteiger partial charge in [-0.3, -0.25) is 5.10 Å². The number of sulfonamides is 1. The van der Waals surface area contributed by atoms with Gasteiger partial charge >= 0.3 is 0 Å². The molecule has 0 radical (unpaired) electrons. The lowest BCUT2D eigenvalue weighted by molar-refractivity contribution is 0.169. The van der Waals surface area contributed by atoms with Crippen LogP contribution in [0, 0.1) is 0 Å². The molecule has 11 heteroatoms. The van der Waals surface area contributed by atoms with E-state index in [0.29, 0.717) is 0 Å². The van der Waals surface area contributed by atoms with Crippen LogP contribution in [0.1, 0.15) is 6.42 Å². The molecular formula is C10H18N4O5S2. The third-order valence-electron chi connectivity index (χ3n) is 3.35. The predicted molar refractivity (Wildman–Crippen MR) is 75.8 cm³/mol. The van der Waals surface area contributed by atoms with Crippen molar-refractivity contribution in [2.24, 2.45) is 0 Å². The second-order valence-electron chi connectivity index (χ2n) is 4.81. The van der Waals surface area contributed by atoms with Gasteiger partial charge < -0.3 is 10.5 Å². The molecule has 2 heterocycles. The third kappa shape index (κ3) is 3.36. The largest absolute Gasteiger partial charge is 0.383 e. The summed E-state index contributed by atoms with van der Waals surface area (Å²) in [5, 5.41) is 5.97. The standard InChI is InChI=1S/C10H18N4O5S2/c1-19-4-3-14(8-2-5-20(15,16)7-8)21(17,18)9-6-12-13-10(9)11/h6,8H,2-5,7H2,1H3,(H3,11,12,13). The molecule has 0 bridgehead atoms. The van der Waals surface area contributed by atoms with Crippen molar-refractivity contribution in [1.82, 2.24) is 14.5 Å². The summed E-state index contributed by atoms with van der Waals surface area (Å²) < 4.78 is 54.6. The van der Waals surface area contributed by atoms with E-state index in [1.165, 1.54) is 7.11 Å². The quantitative estimate of drug-likeness (QED) is 0.666. The van der Waals surface area contributed by atoms with Gasteiger partial charge in [-0.2, -0.15) is 9.40 Å². The van der Waals surface area contributed by atoms with E-state index in [1.807, 2.05) is 0 Å². The van der Waals surface area contributed by atoms with Crippen molar-refractivity contribution in [1.29, 1.82) is 0 Å². The molecule has 0 saturated carbocycles. The zero-order valence-electron chi connectivity index (χ0n) is 11.5. The summed E-state index contributed by atoms with van der Waals surface area (Å²) in [7, 11) is -5.68. The van der Waals surface area contributed by atoms with E-state index in [-0.39, 0.29) is 41.8 Å². The molecule has 9 nitrogen and oxygen atoms in total. The van der Waals surface area contributed by atoms with Crippen LogP contribution in [0.5, 0.6) is 0 Å². The van der Waals surface area contributed by atoms with Gasteiger partial charge in [0.1, 0.15) is 10.7 Å². The average molecular weight is 338 g/mol. The van der Waals surface area contributed by atoms with Gasteiger partial charge in [0.2, 0.25) is 10.0 Å². The Morgan fingerprint density at radius 3 is 2.76 bits per heavy atom. The van der Waals surface area contributed by atoms with Crippen molar-refractivity contribution < 1.29 is 21.6 Å². The average Bonchev–Trinajstić information content (AvgIpc) is 2.96. The van der Waals surface area contributed by atoms with Crippen LogP contribution in [0.2, 0.25) is 0 Å². The number of nitrogens with one attached hydrogen (secondary N) is 1. The number of anilines is 1. The fraction of sp³-hybridized carbons (Fsp3) is 0.700. The fourth-order valence-corrected chi connectivity index (χ4v) is 5.77. The fourth-order valence-electron chi connectivity index (χ4n) is 2.30. The Labute approximate surface area is 123 Å². The normalized spacial score (nSPS) is 21.9. The second-order valence-corrected chi connectivity index (χ2v) is 8.90. The van der Waals surface area contributed by atoms with Gasteiger partial charge in [-0.15, -0.1) is 0 Å². The first-order valence-corrected chi connectivity index (χ1v) is 9.54. The molecule has 0 amide bonds. The Balaban J connectivity index is 2.34. The SMILES string of the molecule is COCCN(C1CCS(=O)(=O)C1)S(=O)(=O)c1cn[nH]c1N. The van der Waals surface area contributed by atoms with Crippen molar-refractivity contribution >= 4 is 25.7 Å². The summed E-state index contributed by atoms with van der Waals surface area (Å²) in [4.78, 5) is -0.150. The van der Waals surface area contributed by atoms with Gasteiger partial charge in [0.05, 0.1) is 24.3 Å². The number of rotatable bonds is 6. The molecule has 120 valence electrons. The van der Waals surface area contributed by atoms with Crippen LogP contribution in [-0.4, -0.2) is 69.1 Å². The van der Waals surface area contributed by atoms with Crippen LogP contribution in [0.15, 0.2) is 11.1 Å². The van der Waals surface area contributed by atoms with Gasteiger partial charge in [0.25, 0.3) is 0 Å². The van der Waals surface area contributed by atoms with E-state index in [9.17, 15) is 16.8 Å². The van der Waals surface area contributed by atoms with Gasteiger partial charge in [0, 0.05) is 19.7 Å². The monoisotopic (exact) mass is 338 g/mol. The number of H-pyrrole nitrogens is 1. The van der Waals surface area contributed by atoms with E-state index >= 15 is 0 Å². The maximum atomic E-state index is 12.7. The number of methoxy groups -OCH3 is 1. The number of hydrogen-bond donors (Lipinski definition) is 2. The zero-order chi connectivity index (χ0) is 15.7. The third-order valence-corrected chi connectivity index (χ3v) is 7.08. The molecule has 0 aliphatic carbocycles. The molecule has 1 unspecified atom stereocenters. The Kier molecular flexibility index (Phi) is 4.56. The van der Waals surface area contributed by atoms with Gasteiger partial charge in [-0.25, -0.2) is 16.8 Å². The van der Waals surface area contributed by atoms with Crippen LogP contribution >= 0.6 is 0 Å². The number of aromatic nitrogens is 2. The number of sulfone groups is 1. The number of nitrogen functional groups attached to an aromatic ring is 1. The van der Waals surface area contributed by atoms with Crippen LogP contribution in [-0.2, 0) is 24.6 Å². The lowest BCUT2D eigenvalue weighted by Gasteiger charge is -2.26. The lowest BCUT2D eigenvalue weighted by atomic mass is 10.3. The highest BCUT2D eigenvalue weighted by Crippen LogP contribution is 2.26. The molecule has 1 fully saturated rings. The maximum absolute atomic E-state index is 12.7. The summed E-state index contributed by atoms with van der Waals surface area (Å²) in [6.45, 7) is 0.219. The van der Waals surface area contributed by atoms with Gasteiger partial charge in [0.15, 0.2) is 9.84 Å². The number of nitrogens with zero attached hydrogens (tertiary/aromatic N) is 2. The van der Waals surface area contributed by atoms with Crippen molar-refractivity contribution in [3.05, 3.63) is 6.20 Å². The molecule has 21 heavy (non-hydrogen) atoms. The first-order valence-electron chi connectivity index (χ1n) is 6.28. The van der Waals surface area contributed by atoms with Gasteiger partial charge in [-0.05, 0) is 6.42 Å². The molecule has 1 aromatic heterocycles. The van der Waals surface area contributed by atoms with Crippen LogP contribution < -0.4 is 5.73 Å². The molecule has 1 aliphatic heterocycles. The Morgan fingerprint density at radius 2 is 2.29 bits per heavy atom. The van der Waals surface area contributed by atoms with Crippen LogP contribution in [0.4, 0.5) is 5.82 Å². The van der Waals surface area contributed by atoms with Gasteiger partial charge in [-0.1, -0.05) is 0 Å². The first-order chi connectivity index (χ1) is 9.78. The number of ether oxygens (including phenoxy) is 1. The minimum absolute atomic E-state index is 0.0163. The summed E-state index contributed by atoms with van der Waals surface area (Å²) in [6, 6.07) is -0.607. The highest BCUT2D eigenvalue weighted by molar-refractivity contribution is 7.92. The zero-order valence-corrected chi connectivity index (χ0v) is 13.2. The predicted octanol–water partition coefficient (Wildman–Crippen LogP) is -1.18. The smallest absolute Gasteiger partial charge is 0.248 e. The highest BCUT2D eigenvalue weighted by Gasteiger charge is 2.39. The Hall–Kier alpha value is -1.17. The topological polar surface area (TPSA) is 135 Å². The summed E-state index contributed by atoms with van der Waals surface area (Å²) in [6.07, 6.45) is 1.39. The molecule has 3 N–H and O–H groups in total. The molecule has 1 saturated heterocycles. The molecule has 1 atom stereocenters. The Morgan fingerprint density at radius 1 is 1.57 bits per heavy atom. The van der Waals surface area contributed by atoms with Crippen molar-refractivity contribution in [2.45, 2.75) is 17.4 Å². The summed E-state index contributed by atoms with van der Waals surface area (Å²) >= 11 is 0. The Bertz CT molecular complexity index is 697. The second kappa shape index (κ2) is 5.91. The van der Waals surface area contributed by atoms with E-state index in [4.69, 9.17) is 10.5 Å². The summed E-state index contributed by atoms with van der Waals surface area (Å²) in [5.74, 6) is -0.274. The molecular weight excluding hydrogens is 320 g/mol. The number of nitrogens with two attached hydrogens (primary N) is 1. The van der Waals surface area contributed by atoms with E-state index < -0.39 is 25.9 Å². The number of hydrogen-bond acceptors (Lipinski definition) is 7. The minimum Gasteiger partial charge on any atom is -0.383 e. The van der Waals surface area contributed by atoms with E-state index in [2.05, 4.69) is 10.2 Å². The molecule has 0 aromatic carbocycles. The summed E-state index contributed by atoms with van der Waals surface area (Å²) in [5.41, 5.74) is 5.57. The van der Waals surface area contributed by atoms with E-state index in [1.54, 1.807) is 0 Å². The van der Waals surface area contributed by atoms with Crippen LogP contribution in [0.25, 0.3) is 0 Å². The lowest BCUT2D eigenvalue weighted by Crippen LogP contribution is -2.43. The van der Waals surface area contributed by atoms with E-state index in [0.717, 1.165) is 10.5 Å². The van der Waals surface area contributed by atoms with Crippen molar-refractivity contribution in [3.8, 4) is 0 Å². The molecule has 0 spiro atoms. The molecule has 1 aromatic rings. The number of aromatic amines is 1. The molecule has 1 aliphatic rings.